The van der Waals surface area contributed by atoms with E-state index in [0.29, 0.717) is 11.8 Å². The molecule has 0 aromatic heterocycles. The number of rotatable bonds is 6. The van der Waals surface area contributed by atoms with Crippen LogP contribution in [0.4, 0.5) is 51.2 Å². The van der Waals surface area contributed by atoms with Crippen molar-refractivity contribution >= 4 is 83.5 Å². The maximum absolute atomic E-state index is 2.48. The van der Waals surface area contributed by atoms with Crippen molar-refractivity contribution in [2.45, 2.75) is 39.5 Å². The molecule has 1 aliphatic rings. The van der Waals surface area contributed by atoms with Crippen LogP contribution in [0.25, 0.3) is 43.4 Å². The van der Waals surface area contributed by atoms with Gasteiger partial charge in [-0.2, -0.15) is 0 Å². The Morgan fingerprint density at radius 2 is 0.639 bits per heavy atom. The minimum absolute atomic E-state index is 0.378. The van der Waals surface area contributed by atoms with Crippen molar-refractivity contribution in [2.24, 2.45) is 0 Å². The van der Waals surface area contributed by atoms with Gasteiger partial charge in [0.2, 0.25) is 0 Å². The summed E-state index contributed by atoms with van der Waals surface area (Å²) in [5, 5.41) is 7.80. The first-order valence-corrected chi connectivity index (χ1v) is 21.6. The van der Waals surface area contributed by atoms with Crippen LogP contribution in [0.1, 0.15) is 50.7 Å². The number of hydrogen-bond donors (Lipinski definition) is 0. The average molecular weight is 786 g/mol. The fraction of sp³-hybridized carbons (Fsp3) is 0.103. The molecule has 10 aromatic carbocycles. The van der Waals surface area contributed by atoms with E-state index in [1.54, 1.807) is 0 Å². The van der Waals surface area contributed by atoms with Crippen LogP contribution in [-0.2, 0) is 0 Å². The highest BCUT2D eigenvalue weighted by atomic mass is 15.2. The second kappa shape index (κ2) is 14.7. The van der Waals surface area contributed by atoms with Gasteiger partial charge >= 0.3 is 0 Å². The van der Waals surface area contributed by atoms with Gasteiger partial charge in [0.15, 0.2) is 0 Å². The van der Waals surface area contributed by atoms with Crippen LogP contribution in [0.3, 0.4) is 0 Å². The van der Waals surface area contributed by atoms with Crippen LogP contribution < -0.4 is 14.7 Å². The van der Waals surface area contributed by atoms with Gasteiger partial charge in [-0.25, -0.2) is 0 Å². The van der Waals surface area contributed by atoms with E-state index in [4.69, 9.17) is 0 Å². The highest BCUT2D eigenvalue weighted by Gasteiger charge is 2.28. The second-order valence-electron chi connectivity index (χ2n) is 17.0. The number of fused-ring (bicyclic) bond motifs is 8. The topological polar surface area (TPSA) is 9.72 Å². The highest BCUT2D eigenvalue weighted by Crippen LogP contribution is 2.53. The third kappa shape index (κ3) is 6.11. The van der Waals surface area contributed by atoms with Gasteiger partial charge in [-0.3, -0.25) is 0 Å². The van der Waals surface area contributed by atoms with Gasteiger partial charge < -0.3 is 14.7 Å². The molecular weight excluding hydrogens is 739 g/mol. The Labute approximate surface area is 358 Å². The monoisotopic (exact) mass is 785 g/mol. The van der Waals surface area contributed by atoms with Crippen LogP contribution in [0, 0.1) is 0 Å². The number of benzene rings is 10. The minimum Gasteiger partial charge on any atom is -0.310 e. The summed E-state index contributed by atoms with van der Waals surface area (Å²) in [5.41, 5.74) is 15.1. The molecule has 6 bridgehead atoms. The minimum atomic E-state index is 0.378. The van der Waals surface area contributed by atoms with Crippen LogP contribution in [0.15, 0.2) is 200 Å². The lowest BCUT2D eigenvalue weighted by Crippen LogP contribution is -2.17. The van der Waals surface area contributed by atoms with Gasteiger partial charge in [-0.15, -0.1) is 0 Å². The Balaban J connectivity index is 1.27. The fourth-order valence-electron chi connectivity index (χ4n) is 9.77. The van der Waals surface area contributed by atoms with Gasteiger partial charge in [0.05, 0.1) is 11.4 Å². The SMILES string of the molecule is CC(C)c1cc(C(C)C)c2ccc3c4cc(c5ccc1c2c53)N(c1ccccc1)c1cccc(c1)N(c1ccc(-c2ccccc2)cc1)c1cccc(c1)N4c1ccccc1. The molecule has 294 valence electrons. The first-order chi connectivity index (χ1) is 29.9. The Morgan fingerprint density at radius 3 is 1.10 bits per heavy atom. The molecule has 61 heavy (non-hydrogen) atoms. The molecule has 0 saturated heterocycles. The van der Waals surface area contributed by atoms with E-state index in [9.17, 15) is 0 Å². The lowest BCUT2D eigenvalue weighted by molar-refractivity contribution is 0.847. The lowest BCUT2D eigenvalue weighted by atomic mass is 9.83. The summed E-state index contributed by atoms with van der Waals surface area (Å²) in [7, 11) is 0. The zero-order valence-electron chi connectivity index (χ0n) is 35.0. The van der Waals surface area contributed by atoms with Crippen molar-refractivity contribution in [3.8, 4) is 11.1 Å². The number of nitrogens with zero attached hydrogens (tertiary/aromatic N) is 3. The van der Waals surface area contributed by atoms with E-state index >= 15 is 0 Å². The van der Waals surface area contributed by atoms with Gasteiger partial charge in [0.25, 0.3) is 0 Å². The molecule has 11 rings (SSSR count). The fourth-order valence-corrected chi connectivity index (χ4v) is 9.77. The second-order valence-corrected chi connectivity index (χ2v) is 17.0. The molecule has 0 amide bonds. The van der Waals surface area contributed by atoms with Crippen molar-refractivity contribution in [1.29, 1.82) is 0 Å². The van der Waals surface area contributed by atoms with Crippen molar-refractivity contribution in [2.75, 3.05) is 14.7 Å². The van der Waals surface area contributed by atoms with Crippen molar-refractivity contribution < 1.29 is 0 Å². The summed E-state index contributed by atoms with van der Waals surface area (Å²) in [5.74, 6) is 0.756. The molecule has 0 saturated carbocycles. The summed E-state index contributed by atoms with van der Waals surface area (Å²) in [6.07, 6.45) is 0. The molecule has 0 fully saturated rings. The maximum Gasteiger partial charge on any atom is 0.0561 e. The first-order valence-electron chi connectivity index (χ1n) is 21.6. The third-order valence-corrected chi connectivity index (χ3v) is 12.6. The zero-order valence-corrected chi connectivity index (χ0v) is 35.0. The van der Waals surface area contributed by atoms with E-state index in [1.807, 2.05) is 0 Å². The normalized spacial score (nSPS) is 12.8. The summed E-state index contributed by atoms with van der Waals surface area (Å²) < 4.78 is 0. The molecule has 1 heterocycles. The molecule has 0 spiro atoms. The van der Waals surface area contributed by atoms with Crippen molar-refractivity contribution in [3.63, 3.8) is 0 Å². The quantitative estimate of drug-likeness (QED) is 0.156. The Bertz CT molecular complexity index is 3020. The molecule has 0 radical (unpaired) electrons. The van der Waals surface area contributed by atoms with E-state index < -0.39 is 0 Å². The van der Waals surface area contributed by atoms with Crippen LogP contribution in [0.2, 0.25) is 0 Å². The van der Waals surface area contributed by atoms with Crippen LogP contribution in [-0.4, -0.2) is 0 Å². The largest absolute Gasteiger partial charge is 0.310 e. The van der Waals surface area contributed by atoms with E-state index in [-0.39, 0.29) is 0 Å². The zero-order chi connectivity index (χ0) is 41.2. The van der Waals surface area contributed by atoms with Gasteiger partial charge in [0.1, 0.15) is 0 Å². The van der Waals surface area contributed by atoms with Crippen molar-refractivity contribution in [1.82, 2.24) is 0 Å². The van der Waals surface area contributed by atoms with Gasteiger partial charge in [-0.1, -0.05) is 149 Å². The molecule has 1 aliphatic heterocycles. The predicted molar refractivity (Wildman–Crippen MR) is 261 cm³/mol. The van der Waals surface area contributed by atoms with E-state index in [2.05, 4.69) is 243 Å². The molecule has 3 heteroatoms. The van der Waals surface area contributed by atoms with Crippen molar-refractivity contribution in [3.05, 3.63) is 211 Å². The molecule has 10 aromatic rings. The highest BCUT2D eigenvalue weighted by molar-refractivity contribution is 6.30. The number of hydrogen-bond acceptors (Lipinski definition) is 3. The van der Waals surface area contributed by atoms with Gasteiger partial charge in [0, 0.05) is 56.0 Å². The predicted octanol–water partition coefficient (Wildman–Crippen LogP) is 17.2. The van der Waals surface area contributed by atoms with Crippen LogP contribution >= 0.6 is 0 Å². The number of para-hydroxylation sites is 2. The van der Waals surface area contributed by atoms with Crippen LogP contribution in [0.5, 0.6) is 0 Å². The first kappa shape index (κ1) is 36.7. The summed E-state index contributed by atoms with van der Waals surface area (Å²) in [4.78, 5) is 7.34. The molecular formula is C58H47N3. The third-order valence-electron chi connectivity index (χ3n) is 12.6. The smallest absolute Gasteiger partial charge is 0.0561 e. The Hall–Kier alpha value is -7.36. The molecule has 0 unspecified atom stereocenters. The number of anilines is 9. The summed E-state index contributed by atoms with van der Waals surface area (Å²) in [6, 6.07) is 74.0. The van der Waals surface area contributed by atoms with Gasteiger partial charge in [-0.05, 0) is 129 Å². The average Bonchev–Trinajstić information content (AvgIpc) is 3.30. The Morgan fingerprint density at radius 1 is 0.279 bits per heavy atom. The van der Waals surface area contributed by atoms with E-state index in [1.165, 1.54) is 54.6 Å². The lowest BCUT2D eigenvalue weighted by Gasteiger charge is -2.35. The molecule has 3 nitrogen and oxygen atoms in total. The standard InChI is InChI=1S/C58H47N3/c1-38(2)53-36-54(39(3)4)50-31-33-52-56-37-55(51-32-30-49(53)57(50)58(51)52)60(42-18-10-6-11-19-42)47-24-14-22-45(34-47)59(44-28-26-41(27-29-44)40-16-8-5-9-17-40)46-23-15-25-48(35-46)61(56)43-20-12-7-13-21-43/h5-39H,1-4H3. The maximum atomic E-state index is 2.48. The molecule has 0 N–H and O–H groups in total. The molecule has 0 atom stereocenters. The summed E-state index contributed by atoms with van der Waals surface area (Å²) in [6.45, 7) is 9.34. The van der Waals surface area contributed by atoms with E-state index in [0.717, 1.165) is 51.2 Å². The molecule has 0 aliphatic carbocycles. The Kier molecular flexibility index (Phi) is 8.86. The summed E-state index contributed by atoms with van der Waals surface area (Å²) >= 11 is 0.